The maximum Gasteiger partial charge on any atom is 0.416 e. The summed E-state index contributed by atoms with van der Waals surface area (Å²) in [7, 11) is -2.29. The number of aryl methyl sites for hydroxylation is 1. The zero-order valence-corrected chi connectivity index (χ0v) is 29.1. The monoisotopic (exact) mass is 737 g/mol. The molecule has 0 saturated heterocycles. The van der Waals surface area contributed by atoms with Crippen LogP contribution in [0.3, 0.4) is 0 Å². The van der Waals surface area contributed by atoms with Crippen LogP contribution in [0.25, 0.3) is 10.6 Å². The molecule has 1 aliphatic heterocycles. The Labute approximate surface area is 291 Å². The largest absolute Gasteiger partial charge is 0.446 e. The molecule has 6 rings (SSSR count). The second-order valence-corrected chi connectivity index (χ2v) is 16.7. The number of hydrogen-bond acceptors (Lipinski definition) is 9. The first kappa shape index (κ1) is 35.8. The molecule has 4 amide bonds. The number of allylic oxidation sites excluding steroid dienone is 1. The maximum absolute atomic E-state index is 13.9. The summed E-state index contributed by atoms with van der Waals surface area (Å²) in [5.74, 6) is -4.28. The summed E-state index contributed by atoms with van der Waals surface area (Å²) in [5, 5.41) is 4.91. The van der Waals surface area contributed by atoms with Gasteiger partial charge in [-0.15, -0.1) is 11.3 Å². The number of halogens is 3. The molecule has 0 radical (unpaired) electrons. The number of fused-ring (bicyclic) bond motifs is 2. The predicted octanol–water partition coefficient (Wildman–Crippen LogP) is 4.76. The van der Waals surface area contributed by atoms with Crippen molar-refractivity contribution in [2.45, 2.75) is 81.4 Å². The summed E-state index contributed by atoms with van der Waals surface area (Å²) in [4.78, 5) is 60.8. The molecule has 270 valence electrons. The van der Waals surface area contributed by atoms with E-state index in [-0.39, 0.29) is 36.4 Å². The van der Waals surface area contributed by atoms with Gasteiger partial charge in [0, 0.05) is 36.1 Å². The van der Waals surface area contributed by atoms with Crippen molar-refractivity contribution in [3.8, 4) is 10.6 Å². The Bertz CT molecular complexity index is 1830. The van der Waals surface area contributed by atoms with Gasteiger partial charge in [0.15, 0.2) is 0 Å². The molecule has 2 aromatic rings. The van der Waals surface area contributed by atoms with Gasteiger partial charge in [-0.2, -0.15) is 13.2 Å². The van der Waals surface area contributed by atoms with Crippen molar-refractivity contribution < 1.29 is 45.5 Å². The van der Waals surface area contributed by atoms with Crippen molar-refractivity contribution in [3.63, 3.8) is 0 Å². The Balaban J connectivity index is 1.22. The quantitative estimate of drug-likeness (QED) is 0.358. The van der Waals surface area contributed by atoms with Gasteiger partial charge in [0.2, 0.25) is 21.8 Å². The van der Waals surface area contributed by atoms with Gasteiger partial charge in [-0.05, 0) is 76.5 Å². The lowest BCUT2D eigenvalue weighted by molar-refractivity contribution is -0.140. The first-order valence-electron chi connectivity index (χ1n) is 16.5. The number of anilines is 1. The van der Waals surface area contributed by atoms with Crippen LogP contribution in [-0.4, -0.2) is 72.6 Å². The number of alkyl halides is 3. The molecule has 2 heterocycles. The number of sulfonamides is 1. The molecule has 5 atom stereocenters. The first-order valence-corrected chi connectivity index (χ1v) is 18.8. The normalized spacial score (nSPS) is 28.1. The Morgan fingerprint density at radius 1 is 1.14 bits per heavy atom. The summed E-state index contributed by atoms with van der Waals surface area (Å²) in [6, 6.07) is 2.90. The average molecular weight is 738 g/mol. The van der Waals surface area contributed by atoms with Crippen molar-refractivity contribution in [3.05, 3.63) is 47.0 Å². The summed E-state index contributed by atoms with van der Waals surface area (Å²) in [6.45, 7) is 2.21. The van der Waals surface area contributed by atoms with Crippen LogP contribution in [0.2, 0.25) is 0 Å². The number of nitrogens with zero attached hydrogens (tertiary/aromatic N) is 2. The number of nitrogens with one attached hydrogen (secondary N) is 3. The van der Waals surface area contributed by atoms with Gasteiger partial charge < -0.3 is 15.0 Å². The molecule has 0 bridgehead atoms. The topological polar surface area (TPSA) is 164 Å². The lowest BCUT2D eigenvalue weighted by Gasteiger charge is -2.26. The number of benzene rings is 1. The van der Waals surface area contributed by atoms with Crippen molar-refractivity contribution >= 4 is 50.9 Å². The number of ether oxygens (including phenoxy) is 1. The van der Waals surface area contributed by atoms with E-state index in [1.165, 1.54) is 22.3 Å². The zero-order valence-electron chi connectivity index (χ0n) is 27.4. The van der Waals surface area contributed by atoms with E-state index in [2.05, 4.69) is 20.3 Å². The molecule has 3 N–H and O–H groups in total. The molecule has 4 aliphatic rings. The summed E-state index contributed by atoms with van der Waals surface area (Å²) >= 11 is 1.23. The Morgan fingerprint density at radius 3 is 2.56 bits per heavy atom. The number of thiazole rings is 1. The molecule has 1 aromatic heterocycles. The molecule has 3 saturated carbocycles. The number of amides is 4. The number of rotatable bonds is 6. The van der Waals surface area contributed by atoms with Gasteiger partial charge in [-0.1, -0.05) is 12.2 Å². The van der Waals surface area contributed by atoms with E-state index in [1.54, 1.807) is 20.2 Å². The molecule has 50 heavy (non-hydrogen) atoms. The number of carbonyl (C=O) groups excluding carboxylic acids is 4. The fourth-order valence-corrected chi connectivity index (χ4v) is 8.84. The molecule has 0 unspecified atom stereocenters. The number of hydrogen-bond donors (Lipinski definition) is 3. The minimum absolute atomic E-state index is 0.0472. The summed E-state index contributed by atoms with van der Waals surface area (Å²) in [5.41, 5.74) is -2.43. The molecule has 1 aromatic carbocycles. The smallest absolute Gasteiger partial charge is 0.416 e. The average Bonchev–Trinajstić information content (AvgIpc) is 3.93. The van der Waals surface area contributed by atoms with E-state index in [1.807, 2.05) is 12.2 Å². The predicted molar refractivity (Wildman–Crippen MR) is 177 cm³/mol. The van der Waals surface area contributed by atoms with E-state index < -0.39 is 74.3 Å². The molecular formula is C33H38F3N5O7S2. The van der Waals surface area contributed by atoms with E-state index in [4.69, 9.17) is 4.74 Å². The third-order valence-electron chi connectivity index (χ3n) is 9.71. The lowest BCUT2D eigenvalue weighted by atomic mass is 9.93. The Hall–Kier alpha value is -3.99. The third kappa shape index (κ3) is 7.67. The second kappa shape index (κ2) is 13.6. The molecule has 12 nitrogen and oxygen atoms in total. The fourth-order valence-electron chi connectivity index (χ4n) is 6.67. The summed E-state index contributed by atoms with van der Waals surface area (Å²) in [6.07, 6.45) is 1.51. The van der Waals surface area contributed by atoms with Crippen LogP contribution in [0, 0.1) is 24.7 Å². The zero-order chi connectivity index (χ0) is 36.0. The highest BCUT2D eigenvalue weighted by Crippen LogP contribution is 2.47. The molecule has 17 heteroatoms. The van der Waals surface area contributed by atoms with Gasteiger partial charge in [0.25, 0.3) is 5.91 Å². The minimum Gasteiger partial charge on any atom is -0.446 e. The van der Waals surface area contributed by atoms with Gasteiger partial charge in [-0.25, -0.2) is 18.2 Å². The van der Waals surface area contributed by atoms with E-state index >= 15 is 0 Å². The SMILES string of the molecule is Cc1cnc(-c2ccc(C(F)(F)F)cc2NC(=O)O[C@@H]2C[C@H]3C(=O)N[C@]4(C(=O)NS(=O)(=O)C5CC5)C[C@H]4/C=C\CCCCN(C)C(=O)[C@@H]3C2)s1. The highest BCUT2D eigenvalue weighted by atomic mass is 32.2. The lowest BCUT2D eigenvalue weighted by Crippen LogP contribution is -2.54. The van der Waals surface area contributed by atoms with Crippen LogP contribution in [-0.2, 0) is 35.3 Å². The van der Waals surface area contributed by atoms with Crippen LogP contribution in [0.1, 0.15) is 61.8 Å². The van der Waals surface area contributed by atoms with E-state index in [0.717, 1.165) is 23.4 Å². The fraction of sp³-hybridized carbons (Fsp3) is 0.545. The Kier molecular flexibility index (Phi) is 9.76. The van der Waals surface area contributed by atoms with Crippen LogP contribution in [0.5, 0.6) is 0 Å². The van der Waals surface area contributed by atoms with E-state index in [9.17, 15) is 40.8 Å². The summed E-state index contributed by atoms with van der Waals surface area (Å²) < 4.78 is 73.9. The number of carbonyl (C=O) groups is 4. The van der Waals surface area contributed by atoms with Crippen molar-refractivity contribution in [1.82, 2.24) is 19.9 Å². The molecular weight excluding hydrogens is 700 g/mol. The minimum atomic E-state index is -4.69. The second-order valence-electron chi connectivity index (χ2n) is 13.5. The standard InChI is InChI=1S/C33H38F3N5O7S2/c1-18-17-37-28(49-18)23-11-8-19(33(34,35)36)13-26(23)38-31(45)48-21-14-24-25(15-21)29(43)41(2)12-6-4-3-5-7-20-16-32(20,39-27(24)42)30(44)40-50(46,47)22-9-10-22/h5,7-8,11,13,17,20-22,24-25H,3-4,6,9-10,12,14-16H2,1-2H3,(H,38,45)(H,39,42)(H,40,44)/b7-5-/t20-,21-,24-,25-,32-/m1/s1. The molecule has 3 fully saturated rings. The molecule has 3 aliphatic carbocycles. The van der Waals surface area contributed by atoms with Crippen molar-refractivity contribution in [2.24, 2.45) is 17.8 Å². The van der Waals surface area contributed by atoms with E-state index in [0.29, 0.717) is 37.2 Å². The van der Waals surface area contributed by atoms with Crippen LogP contribution in [0.4, 0.5) is 23.7 Å². The molecule has 0 spiro atoms. The van der Waals surface area contributed by atoms with Crippen LogP contribution >= 0.6 is 11.3 Å². The number of aromatic nitrogens is 1. The van der Waals surface area contributed by atoms with Crippen LogP contribution in [0.15, 0.2) is 36.5 Å². The third-order valence-corrected chi connectivity index (χ3v) is 12.5. The van der Waals surface area contributed by atoms with Gasteiger partial charge in [-0.3, -0.25) is 24.4 Å². The van der Waals surface area contributed by atoms with Gasteiger partial charge in [0.1, 0.15) is 16.7 Å². The van der Waals surface area contributed by atoms with Crippen molar-refractivity contribution in [1.29, 1.82) is 0 Å². The first-order chi connectivity index (χ1) is 23.6. The highest BCUT2D eigenvalue weighted by Gasteiger charge is 2.62. The maximum atomic E-state index is 13.9. The van der Waals surface area contributed by atoms with Gasteiger partial charge in [0.05, 0.1) is 28.3 Å². The van der Waals surface area contributed by atoms with Crippen LogP contribution < -0.4 is 15.4 Å². The Morgan fingerprint density at radius 2 is 1.88 bits per heavy atom. The highest BCUT2D eigenvalue weighted by molar-refractivity contribution is 7.91. The van der Waals surface area contributed by atoms with Gasteiger partial charge >= 0.3 is 12.3 Å². The van der Waals surface area contributed by atoms with Crippen molar-refractivity contribution in [2.75, 3.05) is 18.9 Å².